The number of rotatable bonds is 5. The minimum atomic E-state index is -0.100. The zero-order chi connectivity index (χ0) is 16.5. The highest BCUT2D eigenvalue weighted by Gasteiger charge is 2.22. The molecule has 122 valence electrons. The van der Waals surface area contributed by atoms with E-state index in [2.05, 4.69) is 10.3 Å². The van der Waals surface area contributed by atoms with E-state index in [1.165, 1.54) is 12.8 Å². The fraction of sp³-hybridized carbons (Fsp3) is 0.263. The number of carbonyl (C=O) groups excluding carboxylic acids is 1. The maximum atomic E-state index is 12.2. The van der Waals surface area contributed by atoms with E-state index in [0.717, 1.165) is 29.1 Å². The minimum absolute atomic E-state index is 0.100. The number of imidazole rings is 1. The lowest BCUT2D eigenvalue weighted by Gasteiger charge is -2.04. The Balaban J connectivity index is 1.58. The quantitative estimate of drug-likeness (QED) is 0.785. The predicted molar refractivity (Wildman–Crippen MR) is 92.2 cm³/mol. The van der Waals surface area contributed by atoms with Crippen LogP contribution in [0.1, 0.15) is 23.3 Å². The van der Waals surface area contributed by atoms with E-state index in [1.807, 2.05) is 47.0 Å². The third-order valence-electron chi connectivity index (χ3n) is 4.36. The number of carbonyl (C=O) groups is 1. The van der Waals surface area contributed by atoms with Crippen molar-refractivity contribution in [3.05, 3.63) is 54.5 Å². The monoisotopic (exact) mass is 321 g/mol. The minimum Gasteiger partial charge on any atom is -0.497 e. The van der Waals surface area contributed by atoms with Crippen LogP contribution < -0.4 is 10.1 Å². The number of amides is 1. The molecule has 1 N–H and O–H groups in total. The Labute approximate surface area is 140 Å². The Bertz CT molecular complexity index is 879. The SMILES string of the molecule is COc1ccc(-c2ccc3nc(C(=O)NCC4CC4)cn3c2)cc1. The van der Waals surface area contributed by atoms with Crippen molar-refractivity contribution < 1.29 is 9.53 Å². The van der Waals surface area contributed by atoms with Gasteiger partial charge in [-0.2, -0.15) is 0 Å². The van der Waals surface area contributed by atoms with E-state index in [9.17, 15) is 4.79 Å². The van der Waals surface area contributed by atoms with Crippen molar-refractivity contribution in [2.45, 2.75) is 12.8 Å². The standard InChI is InChI=1S/C19H19N3O2/c1-24-16-7-4-14(5-8-16)15-6-9-18-21-17(12-22(18)11-15)19(23)20-10-13-2-3-13/h4-9,11-13H,2-3,10H2,1H3,(H,20,23). The molecule has 0 saturated heterocycles. The number of ether oxygens (including phenoxy) is 1. The van der Waals surface area contributed by atoms with E-state index in [4.69, 9.17) is 4.74 Å². The van der Waals surface area contributed by atoms with Gasteiger partial charge in [0, 0.05) is 18.9 Å². The van der Waals surface area contributed by atoms with Gasteiger partial charge in [0.25, 0.3) is 5.91 Å². The fourth-order valence-corrected chi connectivity index (χ4v) is 2.71. The Morgan fingerprint density at radius 2 is 1.92 bits per heavy atom. The molecule has 4 rings (SSSR count). The molecule has 1 aliphatic carbocycles. The molecule has 5 heteroatoms. The van der Waals surface area contributed by atoms with Crippen LogP contribution in [0.25, 0.3) is 16.8 Å². The molecule has 1 aromatic carbocycles. The van der Waals surface area contributed by atoms with Gasteiger partial charge in [0.2, 0.25) is 0 Å². The van der Waals surface area contributed by atoms with E-state index < -0.39 is 0 Å². The molecule has 1 saturated carbocycles. The summed E-state index contributed by atoms with van der Waals surface area (Å²) < 4.78 is 7.08. The highest BCUT2D eigenvalue weighted by atomic mass is 16.5. The first-order valence-electron chi connectivity index (χ1n) is 8.14. The van der Waals surface area contributed by atoms with Gasteiger partial charge in [-0.15, -0.1) is 0 Å². The lowest BCUT2D eigenvalue weighted by atomic mass is 10.1. The summed E-state index contributed by atoms with van der Waals surface area (Å²) in [5.41, 5.74) is 3.38. The highest BCUT2D eigenvalue weighted by molar-refractivity contribution is 5.92. The second kappa shape index (κ2) is 6.00. The highest BCUT2D eigenvalue weighted by Crippen LogP contribution is 2.27. The van der Waals surface area contributed by atoms with Gasteiger partial charge in [0.1, 0.15) is 17.1 Å². The first-order chi connectivity index (χ1) is 11.7. The van der Waals surface area contributed by atoms with Gasteiger partial charge in [-0.1, -0.05) is 12.1 Å². The molecule has 5 nitrogen and oxygen atoms in total. The second-order valence-corrected chi connectivity index (χ2v) is 6.19. The summed E-state index contributed by atoms with van der Waals surface area (Å²) in [6.45, 7) is 0.754. The van der Waals surface area contributed by atoms with Crippen molar-refractivity contribution in [2.75, 3.05) is 13.7 Å². The number of pyridine rings is 1. The van der Waals surface area contributed by atoms with Gasteiger partial charge in [-0.3, -0.25) is 4.79 Å². The fourth-order valence-electron chi connectivity index (χ4n) is 2.71. The van der Waals surface area contributed by atoms with Crippen LogP contribution in [-0.4, -0.2) is 28.9 Å². The van der Waals surface area contributed by atoms with E-state index in [1.54, 1.807) is 13.3 Å². The molecule has 24 heavy (non-hydrogen) atoms. The lowest BCUT2D eigenvalue weighted by Crippen LogP contribution is -2.25. The molecular weight excluding hydrogens is 302 g/mol. The van der Waals surface area contributed by atoms with Crippen LogP contribution >= 0.6 is 0 Å². The average molecular weight is 321 g/mol. The Kier molecular flexibility index (Phi) is 3.69. The number of aromatic nitrogens is 2. The molecule has 2 heterocycles. The van der Waals surface area contributed by atoms with Gasteiger partial charge in [0.05, 0.1) is 7.11 Å². The third-order valence-corrected chi connectivity index (χ3v) is 4.36. The van der Waals surface area contributed by atoms with Crippen LogP contribution in [0.2, 0.25) is 0 Å². The van der Waals surface area contributed by atoms with E-state index >= 15 is 0 Å². The van der Waals surface area contributed by atoms with Crippen molar-refractivity contribution >= 4 is 11.6 Å². The summed E-state index contributed by atoms with van der Waals surface area (Å²) in [6.07, 6.45) is 6.21. The first kappa shape index (κ1) is 14.8. The third kappa shape index (κ3) is 2.97. The van der Waals surface area contributed by atoms with Crippen molar-refractivity contribution in [1.29, 1.82) is 0 Å². The molecule has 2 aromatic heterocycles. The van der Waals surface area contributed by atoms with Crippen molar-refractivity contribution in [3.63, 3.8) is 0 Å². The summed E-state index contributed by atoms with van der Waals surface area (Å²) in [6, 6.07) is 11.8. The molecule has 0 atom stereocenters. The maximum absolute atomic E-state index is 12.2. The van der Waals surface area contributed by atoms with E-state index in [0.29, 0.717) is 11.6 Å². The zero-order valence-corrected chi connectivity index (χ0v) is 13.5. The van der Waals surface area contributed by atoms with Crippen molar-refractivity contribution in [3.8, 4) is 16.9 Å². The van der Waals surface area contributed by atoms with Crippen LogP contribution in [0.4, 0.5) is 0 Å². The average Bonchev–Trinajstić information content (AvgIpc) is 3.36. The molecule has 3 aromatic rings. The molecule has 0 aliphatic heterocycles. The smallest absolute Gasteiger partial charge is 0.271 e. The summed E-state index contributed by atoms with van der Waals surface area (Å²) in [7, 11) is 1.66. The summed E-state index contributed by atoms with van der Waals surface area (Å²) in [5.74, 6) is 1.39. The summed E-state index contributed by atoms with van der Waals surface area (Å²) in [4.78, 5) is 16.6. The molecule has 1 fully saturated rings. The number of hydrogen-bond donors (Lipinski definition) is 1. The van der Waals surface area contributed by atoms with Crippen LogP contribution in [0.3, 0.4) is 0 Å². The van der Waals surface area contributed by atoms with Gasteiger partial charge in [-0.05, 0) is 54.2 Å². The molecule has 0 spiro atoms. The van der Waals surface area contributed by atoms with Crippen LogP contribution in [0, 0.1) is 5.92 Å². The number of nitrogens with one attached hydrogen (secondary N) is 1. The van der Waals surface area contributed by atoms with E-state index in [-0.39, 0.29) is 5.91 Å². The maximum Gasteiger partial charge on any atom is 0.271 e. The molecule has 1 amide bonds. The van der Waals surface area contributed by atoms with Crippen molar-refractivity contribution in [2.24, 2.45) is 5.92 Å². The van der Waals surface area contributed by atoms with Crippen LogP contribution in [0.5, 0.6) is 5.75 Å². The Morgan fingerprint density at radius 3 is 2.62 bits per heavy atom. The summed E-state index contributed by atoms with van der Waals surface area (Å²) >= 11 is 0. The number of benzene rings is 1. The topological polar surface area (TPSA) is 55.6 Å². The van der Waals surface area contributed by atoms with Crippen LogP contribution in [0.15, 0.2) is 48.8 Å². The predicted octanol–water partition coefficient (Wildman–Crippen LogP) is 3.15. The van der Waals surface area contributed by atoms with Crippen LogP contribution in [-0.2, 0) is 0 Å². The van der Waals surface area contributed by atoms with Gasteiger partial charge in [0.15, 0.2) is 0 Å². The van der Waals surface area contributed by atoms with Gasteiger partial charge in [-0.25, -0.2) is 4.98 Å². The number of methoxy groups -OCH3 is 1. The Morgan fingerprint density at radius 1 is 1.17 bits per heavy atom. The number of fused-ring (bicyclic) bond motifs is 1. The molecular formula is C19H19N3O2. The zero-order valence-electron chi connectivity index (χ0n) is 13.5. The largest absolute Gasteiger partial charge is 0.497 e. The van der Waals surface area contributed by atoms with Gasteiger partial charge < -0.3 is 14.5 Å². The number of nitrogens with zero attached hydrogens (tertiary/aromatic N) is 2. The molecule has 1 aliphatic rings. The lowest BCUT2D eigenvalue weighted by molar-refractivity contribution is 0.0947. The Hall–Kier alpha value is -2.82. The molecule has 0 unspecified atom stereocenters. The molecule has 0 radical (unpaired) electrons. The first-order valence-corrected chi connectivity index (χ1v) is 8.14. The summed E-state index contributed by atoms with van der Waals surface area (Å²) in [5, 5.41) is 2.95. The second-order valence-electron chi connectivity index (χ2n) is 6.19. The van der Waals surface area contributed by atoms with Crippen molar-refractivity contribution in [1.82, 2.24) is 14.7 Å². The molecule has 0 bridgehead atoms. The number of hydrogen-bond acceptors (Lipinski definition) is 3. The van der Waals surface area contributed by atoms with Gasteiger partial charge >= 0.3 is 0 Å². The normalized spacial score (nSPS) is 13.9.